The Morgan fingerprint density at radius 2 is 1.96 bits per heavy atom. The van der Waals surface area contributed by atoms with Gasteiger partial charge < -0.3 is 10.5 Å². The first-order chi connectivity index (χ1) is 11.2. The van der Waals surface area contributed by atoms with Crippen molar-refractivity contribution < 1.29 is 9.53 Å². The molecule has 0 bridgehead atoms. The third-order valence-corrected chi connectivity index (χ3v) is 3.43. The van der Waals surface area contributed by atoms with Gasteiger partial charge in [-0.25, -0.2) is 5.84 Å². The number of hydrogen-bond acceptors (Lipinski definition) is 5. The number of nitrogens with one attached hydrogen (secondary N) is 1. The zero-order valence-corrected chi connectivity index (χ0v) is 12.3. The average molecular weight is 308 g/mol. The number of ether oxygens (including phenoxy) is 1. The van der Waals surface area contributed by atoms with Crippen LogP contribution in [0.15, 0.2) is 54.7 Å². The number of carbonyl (C=O) groups excluding carboxylic acids is 1. The van der Waals surface area contributed by atoms with Crippen molar-refractivity contribution in [1.82, 2.24) is 10.4 Å². The van der Waals surface area contributed by atoms with Crippen LogP contribution >= 0.6 is 0 Å². The summed E-state index contributed by atoms with van der Waals surface area (Å²) in [6.45, 7) is 0.347. The molecule has 6 nitrogen and oxygen atoms in total. The van der Waals surface area contributed by atoms with Crippen LogP contribution in [0.4, 0.5) is 5.69 Å². The molecule has 0 saturated carbocycles. The number of nitrogens with two attached hydrogens (primary N) is 2. The Morgan fingerprint density at radius 1 is 1.17 bits per heavy atom. The Bertz CT molecular complexity index is 847. The highest BCUT2D eigenvalue weighted by molar-refractivity contribution is 5.93. The fourth-order valence-electron chi connectivity index (χ4n) is 2.29. The van der Waals surface area contributed by atoms with Crippen molar-refractivity contribution in [2.75, 3.05) is 5.73 Å². The third-order valence-electron chi connectivity index (χ3n) is 3.43. The maximum atomic E-state index is 11.4. The highest BCUT2D eigenvalue weighted by atomic mass is 16.5. The predicted molar refractivity (Wildman–Crippen MR) is 88.6 cm³/mol. The van der Waals surface area contributed by atoms with Crippen LogP contribution in [0.25, 0.3) is 10.9 Å². The summed E-state index contributed by atoms with van der Waals surface area (Å²) in [6.07, 6.45) is 1.71. The minimum absolute atomic E-state index is 0.330. The molecule has 1 amide bonds. The van der Waals surface area contributed by atoms with Crippen molar-refractivity contribution in [3.05, 3.63) is 65.9 Å². The lowest BCUT2D eigenvalue weighted by Crippen LogP contribution is -2.29. The van der Waals surface area contributed by atoms with Crippen LogP contribution in [0, 0.1) is 0 Å². The molecule has 0 unspecified atom stereocenters. The lowest BCUT2D eigenvalue weighted by Gasteiger charge is -2.10. The molecule has 6 heteroatoms. The van der Waals surface area contributed by atoms with E-state index in [0.717, 1.165) is 16.5 Å². The lowest BCUT2D eigenvalue weighted by molar-refractivity contribution is 0.0953. The van der Waals surface area contributed by atoms with Crippen LogP contribution in [0.3, 0.4) is 0 Å². The normalized spacial score (nSPS) is 10.5. The lowest BCUT2D eigenvalue weighted by atomic mass is 10.1. The molecule has 1 aromatic heterocycles. The van der Waals surface area contributed by atoms with Crippen molar-refractivity contribution >= 4 is 22.5 Å². The smallest absolute Gasteiger partial charge is 0.265 e. The number of aromatic nitrogens is 1. The Balaban J connectivity index is 1.79. The highest BCUT2D eigenvalue weighted by Crippen LogP contribution is 2.27. The van der Waals surface area contributed by atoms with Crippen molar-refractivity contribution in [1.29, 1.82) is 0 Å². The molecule has 116 valence electrons. The van der Waals surface area contributed by atoms with Gasteiger partial charge in [0.25, 0.3) is 5.91 Å². The van der Waals surface area contributed by atoms with Gasteiger partial charge in [0.1, 0.15) is 17.9 Å². The van der Waals surface area contributed by atoms with E-state index in [1.54, 1.807) is 24.4 Å². The molecular formula is C17H16N4O2. The monoisotopic (exact) mass is 308 g/mol. The molecule has 3 aromatic rings. The first kappa shape index (κ1) is 14.8. The van der Waals surface area contributed by atoms with Crippen molar-refractivity contribution in [2.24, 2.45) is 5.84 Å². The largest absolute Gasteiger partial charge is 0.487 e. The number of amides is 1. The van der Waals surface area contributed by atoms with Crippen molar-refractivity contribution in [3.63, 3.8) is 0 Å². The van der Waals surface area contributed by atoms with E-state index in [-0.39, 0.29) is 5.91 Å². The second-order valence-corrected chi connectivity index (χ2v) is 5.05. The van der Waals surface area contributed by atoms with E-state index in [9.17, 15) is 4.79 Å². The summed E-state index contributed by atoms with van der Waals surface area (Å²) in [6, 6.07) is 14.4. The second-order valence-electron chi connectivity index (χ2n) is 5.05. The molecule has 3 rings (SSSR count). The number of fused-ring (bicyclic) bond motifs is 1. The molecular weight excluding hydrogens is 292 g/mol. The number of hydrogen-bond donors (Lipinski definition) is 3. The average Bonchev–Trinajstić information content (AvgIpc) is 2.59. The number of benzene rings is 2. The zero-order chi connectivity index (χ0) is 16.2. The van der Waals surface area contributed by atoms with Gasteiger partial charge in [-0.3, -0.25) is 15.2 Å². The van der Waals surface area contributed by atoms with E-state index in [2.05, 4.69) is 10.4 Å². The molecule has 0 saturated heterocycles. The molecule has 23 heavy (non-hydrogen) atoms. The number of nitrogens with zero attached hydrogens (tertiary/aromatic N) is 1. The molecule has 0 radical (unpaired) electrons. The summed E-state index contributed by atoms with van der Waals surface area (Å²) in [5, 5.41) is 0.928. The standard InChI is InChI=1S/C17H16N4O2/c18-14-8-13-2-1-7-20-16(13)15(9-14)23-10-11-3-5-12(6-4-11)17(22)21-19/h1-9H,10,18-19H2,(H,21,22). The summed E-state index contributed by atoms with van der Waals surface area (Å²) in [5.41, 5.74) is 10.8. The summed E-state index contributed by atoms with van der Waals surface area (Å²) in [5.74, 6) is 5.40. The first-order valence-electron chi connectivity index (χ1n) is 7.04. The minimum Gasteiger partial charge on any atom is -0.487 e. The van der Waals surface area contributed by atoms with Crippen molar-refractivity contribution in [2.45, 2.75) is 6.61 Å². The van der Waals surface area contributed by atoms with E-state index < -0.39 is 0 Å². The fraction of sp³-hybridized carbons (Fsp3) is 0.0588. The van der Waals surface area contributed by atoms with Crippen LogP contribution in [0.5, 0.6) is 5.75 Å². The molecule has 0 fully saturated rings. The maximum Gasteiger partial charge on any atom is 0.265 e. The Morgan fingerprint density at radius 3 is 2.70 bits per heavy atom. The molecule has 0 aliphatic carbocycles. The van der Waals surface area contributed by atoms with Crippen LogP contribution in [-0.2, 0) is 6.61 Å². The fourth-order valence-corrected chi connectivity index (χ4v) is 2.29. The zero-order valence-electron chi connectivity index (χ0n) is 12.3. The second kappa shape index (κ2) is 6.33. The Labute approximate surface area is 133 Å². The number of rotatable bonds is 4. The molecule has 0 aliphatic heterocycles. The van der Waals surface area contributed by atoms with Crippen molar-refractivity contribution in [3.8, 4) is 5.75 Å². The molecule has 0 aliphatic rings. The van der Waals surface area contributed by atoms with Crippen LogP contribution in [0.2, 0.25) is 0 Å². The Hall–Kier alpha value is -3.12. The first-order valence-corrected chi connectivity index (χ1v) is 7.04. The number of anilines is 1. The van der Waals surface area contributed by atoms with Gasteiger partial charge in [-0.15, -0.1) is 0 Å². The van der Waals surface area contributed by atoms with Gasteiger partial charge in [-0.05, 0) is 29.8 Å². The van der Waals surface area contributed by atoms with Gasteiger partial charge in [0.15, 0.2) is 0 Å². The minimum atomic E-state index is -0.330. The Kier molecular flexibility index (Phi) is 4.07. The van der Waals surface area contributed by atoms with Gasteiger partial charge in [-0.2, -0.15) is 0 Å². The van der Waals surface area contributed by atoms with Gasteiger partial charge in [0, 0.05) is 28.9 Å². The topological polar surface area (TPSA) is 103 Å². The SMILES string of the molecule is NNC(=O)c1ccc(COc2cc(N)cc3cccnc23)cc1. The van der Waals surface area contributed by atoms with Gasteiger partial charge in [-0.1, -0.05) is 18.2 Å². The summed E-state index contributed by atoms with van der Waals surface area (Å²) >= 11 is 0. The quantitative estimate of drug-likeness (QED) is 0.296. The van der Waals surface area contributed by atoms with Gasteiger partial charge in [0.2, 0.25) is 0 Å². The van der Waals surface area contributed by atoms with E-state index in [0.29, 0.717) is 23.6 Å². The number of hydrazine groups is 1. The molecule has 5 N–H and O–H groups in total. The summed E-state index contributed by atoms with van der Waals surface area (Å²) < 4.78 is 5.85. The third kappa shape index (κ3) is 3.22. The van der Waals surface area contributed by atoms with E-state index >= 15 is 0 Å². The van der Waals surface area contributed by atoms with Crippen LogP contribution < -0.4 is 21.7 Å². The highest BCUT2D eigenvalue weighted by Gasteiger charge is 2.07. The van der Waals surface area contributed by atoms with Gasteiger partial charge >= 0.3 is 0 Å². The molecule has 0 atom stereocenters. The number of carbonyl (C=O) groups is 1. The van der Waals surface area contributed by atoms with E-state index in [1.165, 1.54) is 0 Å². The summed E-state index contributed by atoms with van der Waals surface area (Å²) in [4.78, 5) is 15.7. The van der Waals surface area contributed by atoms with Gasteiger partial charge in [0.05, 0.1) is 0 Å². The number of nitrogen functional groups attached to an aromatic ring is 2. The van der Waals surface area contributed by atoms with Crippen LogP contribution in [-0.4, -0.2) is 10.9 Å². The van der Waals surface area contributed by atoms with E-state index in [4.69, 9.17) is 16.3 Å². The molecule has 2 aromatic carbocycles. The van der Waals surface area contributed by atoms with Crippen LogP contribution in [0.1, 0.15) is 15.9 Å². The maximum absolute atomic E-state index is 11.4. The molecule has 0 spiro atoms. The number of pyridine rings is 1. The summed E-state index contributed by atoms with van der Waals surface area (Å²) in [7, 11) is 0. The predicted octanol–water partition coefficient (Wildman–Crippen LogP) is 2.00. The van der Waals surface area contributed by atoms with E-state index in [1.807, 2.05) is 30.3 Å². The molecule has 1 heterocycles.